The highest BCUT2D eigenvalue weighted by atomic mass is 16.5. The number of fused-ring (bicyclic) bond motifs is 1. The van der Waals surface area contributed by atoms with Crippen LogP contribution in [0.15, 0.2) is 54.2 Å². The van der Waals surface area contributed by atoms with E-state index in [1.54, 1.807) is 42.5 Å². The molecule has 0 spiro atoms. The first-order valence-corrected chi connectivity index (χ1v) is 7.15. The highest BCUT2D eigenvalue weighted by molar-refractivity contribution is 6.21. The number of ether oxygens (including phenoxy) is 1. The molecule has 0 aliphatic carbocycles. The average Bonchev–Trinajstić information content (AvgIpc) is 2.91. The lowest BCUT2D eigenvalue weighted by atomic mass is 10.1. The molecular weight excluding hydrogens is 320 g/mol. The Hall–Kier alpha value is -4.10. The molecule has 2 aromatic carbocycles. The lowest BCUT2D eigenvalue weighted by Gasteiger charge is -2.07. The maximum Gasteiger partial charge on any atom is 0.259 e. The van der Waals surface area contributed by atoms with Gasteiger partial charge < -0.3 is 10.1 Å². The van der Waals surface area contributed by atoms with Crippen LogP contribution in [0.25, 0.3) is 0 Å². The average molecular weight is 330 g/mol. The monoisotopic (exact) mass is 330 g/mol. The summed E-state index contributed by atoms with van der Waals surface area (Å²) in [4.78, 5) is 23.2. The summed E-state index contributed by atoms with van der Waals surface area (Å²) in [5.74, 6) is 0.104. The number of nitrogens with one attached hydrogen (secondary N) is 2. The number of allylic oxidation sites excluding steroid dienone is 1. The van der Waals surface area contributed by atoms with Crippen molar-refractivity contribution >= 4 is 17.5 Å². The Labute approximate surface area is 142 Å². The van der Waals surface area contributed by atoms with Gasteiger partial charge in [-0.25, -0.2) is 0 Å². The predicted octanol–water partition coefficient (Wildman–Crippen LogP) is 2.71. The van der Waals surface area contributed by atoms with E-state index in [1.165, 1.54) is 18.3 Å². The number of amides is 2. The standard InChI is InChI=1S/C18H10N4O3/c19-8-11(9-20)10-21-12-1-3-13(4-2-12)25-14-5-6-15-16(7-14)18(24)22-17(15)23/h1-7,10,21H,(H,22,23,24). The molecule has 2 amide bonds. The number of hydrogen-bond donors (Lipinski definition) is 2. The smallest absolute Gasteiger partial charge is 0.259 e. The topological polar surface area (TPSA) is 115 Å². The number of imide groups is 1. The molecule has 0 radical (unpaired) electrons. The van der Waals surface area contributed by atoms with Crippen molar-refractivity contribution in [2.45, 2.75) is 0 Å². The summed E-state index contributed by atoms with van der Waals surface area (Å²) in [6, 6.07) is 15.0. The van der Waals surface area contributed by atoms with Gasteiger partial charge in [0.05, 0.1) is 11.1 Å². The Kier molecular flexibility index (Phi) is 4.15. The highest BCUT2D eigenvalue weighted by Gasteiger charge is 2.26. The zero-order chi connectivity index (χ0) is 17.8. The second kappa shape index (κ2) is 6.57. The highest BCUT2D eigenvalue weighted by Crippen LogP contribution is 2.27. The maximum absolute atomic E-state index is 11.7. The fourth-order valence-corrected chi connectivity index (χ4v) is 2.21. The van der Waals surface area contributed by atoms with Crippen LogP contribution in [0.3, 0.4) is 0 Å². The maximum atomic E-state index is 11.7. The minimum absolute atomic E-state index is 0.0358. The van der Waals surface area contributed by atoms with E-state index in [0.29, 0.717) is 22.7 Å². The van der Waals surface area contributed by atoms with Gasteiger partial charge in [-0.15, -0.1) is 0 Å². The van der Waals surface area contributed by atoms with Crippen LogP contribution in [0.2, 0.25) is 0 Å². The molecule has 0 atom stereocenters. The minimum atomic E-state index is -0.442. The van der Waals surface area contributed by atoms with Gasteiger partial charge >= 0.3 is 0 Å². The van der Waals surface area contributed by atoms with Crippen LogP contribution in [0.1, 0.15) is 20.7 Å². The lowest BCUT2D eigenvalue weighted by Crippen LogP contribution is -2.19. The molecule has 3 rings (SSSR count). The van der Waals surface area contributed by atoms with Crippen molar-refractivity contribution in [2.24, 2.45) is 0 Å². The van der Waals surface area contributed by atoms with E-state index in [0.717, 1.165) is 0 Å². The van der Waals surface area contributed by atoms with Gasteiger partial charge in [0.25, 0.3) is 11.8 Å². The second-order valence-corrected chi connectivity index (χ2v) is 5.04. The van der Waals surface area contributed by atoms with Crippen LogP contribution in [-0.4, -0.2) is 11.8 Å². The van der Waals surface area contributed by atoms with Crippen molar-refractivity contribution in [1.82, 2.24) is 5.32 Å². The van der Waals surface area contributed by atoms with Crippen molar-refractivity contribution in [3.05, 3.63) is 65.4 Å². The third-order valence-corrected chi connectivity index (χ3v) is 3.42. The Bertz CT molecular complexity index is 963. The first kappa shape index (κ1) is 15.8. The first-order chi connectivity index (χ1) is 12.1. The molecule has 1 heterocycles. The summed E-state index contributed by atoms with van der Waals surface area (Å²) in [5.41, 5.74) is 1.25. The number of carbonyl (C=O) groups excluding carboxylic acids is 2. The summed E-state index contributed by atoms with van der Waals surface area (Å²) in [6.45, 7) is 0. The Morgan fingerprint density at radius 1 is 0.960 bits per heavy atom. The number of hydrogen-bond acceptors (Lipinski definition) is 6. The third kappa shape index (κ3) is 3.31. The van der Waals surface area contributed by atoms with Crippen LogP contribution in [0.5, 0.6) is 11.5 Å². The van der Waals surface area contributed by atoms with Gasteiger partial charge in [0.2, 0.25) is 0 Å². The molecule has 1 aliphatic heterocycles. The molecule has 0 saturated carbocycles. The number of carbonyl (C=O) groups is 2. The quantitative estimate of drug-likeness (QED) is 0.658. The van der Waals surface area contributed by atoms with Gasteiger partial charge in [0.15, 0.2) is 0 Å². The van der Waals surface area contributed by atoms with Crippen LogP contribution in [-0.2, 0) is 0 Å². The zero-order valence-corrected chi connectivity index (χ0v) is 12.7. The van der Waals surface area contributed by atoms with Crippen LogP contribution in [0, 0.1) is 22.7 Å². The SMILES string of the molecule is N#CC(C#N)=CNc1ccc(Oc2ccc3c(c2)C(=O)NC3=O)cc1. The van der Waals surface area contributed by atoms with Gasteiger partial charge in [-0.1, -0.05) is 0 Å². The largest absolute Gasteiger partial charge is 0.457 e. The van der Waals surface area contributed by atoms with Gasteiger partial charge in [0, 0.05) is 11.9 Å². The molecule has 1 aliphatic rings. The third-order valence-electron chi connectivity index (χ3n) is 3.42. The van der Waals surface area contributed by atoms with E-state index in [-0.39, 0.29) is 11.1 Å². The van der Waals surface area contributed by atoms with Crippen LogP contribution >= 0.6 is 0 Å². The molecule has 7 nitrogen and oxygen atoms in total. The van der Waals surface area contributed by atoms with Gasteiger partial charge in [-0.05, 0) is 42.5 Å². The normalized spacial score (nSPS) is 11.6. The number of nitrogens with zero attached hydrogens (tertiary/aromatic N) is 2. The van der Waals surface area contributed by atoms with Crippen LogP contribution in [0.4, 0.5) is 5.69 Å². The summed E-state index contributed by atoms with van der Waals surface area (Å²) in [7, 11) is 0. The van der Waals surface area contributed by atoms with Crippen molar-refractivity contribution in [2.75, 3.05) is 5.32 Å². The van der Waals surface area contributed by atoms with E-state index >= 15 is 0 Å². The molecule has 0 aromatic heterocycles. The van der Waals surface area contributed by atoms with Crippen molar-refractivity contribution in [3.8, 4) is 23.6 Å². The summed E-state index contributed by atoms with van der Waals surface area (Å²) in [5, 5.41) is 22.4. The molecule has 0 fully saturated rings. The number of benzene rings is 2. The Morgan fingerprint density at radius 2 is 1.60 bits per heavy atom. The fraction of sp³-hybridized carbons (Fsp3) is 0. The number of nitriles is 2. The Morgan fingerprint density at radius 3 is 2.28 bits per heavy atom. The molecule has 120 valence electrons. The molecule has 2 aromatic rings. The summed E-state index contributed by atoms with van der Waals surface area (Å²) < 4.78 is 5.67. The predicted molar refractivity (Wildman–Crippen MR) is 87.7 cm³/mol. The molecule has 7 heteroatoms. The van der Waals surface area contributed by atoms with E-state index in [4.69, 9.17) is 15.3 Å². The number of rotatable bonds is 4. The van der Waals surface area contributed by atoms with Crippen molar-refractivity contribution in [3.63, 3.8) is 0 Å². The molecule has 0 bridgehead atoms. The number of anilines is 1. The molecule has 0 unspecified atom stereocenters. The first-order valence-electron chi connectivity index (χ1n) is 7.15. The zero-order valence-electron chi connectivity index (χ0n) is 12.7. The van der Waals surface area contributed by atoms with E-state index < -0.39 is 11.8 Å². The molecule has 25 heavy (non-hydrogen) atoms. The van der Waals surface area contributed by atoms with Gasteiger partial charge in [0.1, 0.15) is 29.2 Å². The van der Waals surface area contributed by atoms with E-state index in [2.05, 4.69) is 10.6 Å². The minimum Gasteiger partial charge on any atom is -0.457 e. The second-order valence-electron chi connectivity index (χ2n) is 5.04. The fourth-order valence-electron chi connectivity index (χ4n) is 2.21. The Balaban J connectivity index is 1.73. The molecule has 2 N–H and O–H groups in total. The summed E-state index contributed by atoms with van der Waals surface area (Å²) >= 11 is 0. The molecule has 0 saturated heterocycles. The van der Waals surface area contributed by atoms with E-state index in [1.807, 2.05) is 0 Å². The molecular formula is C18H10N4O3. The van der Waals surface area contributed by atoms with Gasteiger partial charge in [-0.2, -0.15) is 10.5 Å². The van der Waals surface area contributed by atoms with E-state index in [9.17, 15) is 9.59 Å². The van der Waals surface area contributed by atoms with Crippen molar-refractivity contribution < 1.29 is 14.3 Å². The lowest BCUT2D eigenvalue weighted by molar-refractivity contribution is 0.0879. The van der Waals surface area contributed by atoms with Crippen LogP contribution < -0.4 is 15.4 Å². The summed E-state index contributed by atoms with van der Waals surface area (Å²) in [6.07, 6.45) is 1.31. The van der Waals surface area contributed by atoms with Gasteiger partial charge in [-0.3, -0.25) is 14.9 Å². The van der Waals surface area contributed by atoms with Crippen molar-refractivity contribution in [1.29, 1.82) is 10.5 Å².